The number of amides is 3. The second-order valence-electron chi connectivity index (χ2n) is 4.50. The molecule has 7 heteroatoms. The first-order valence-electron chi connectivity index (χ1n) is 5.79. The van der Waals surface area contributed by atoms with Crippen molar-refractivity contribution in [3.63, 3.8) is 0 Å². The van der Waals surface area contributed by atoms with Crippen molar-refractivity contribution in [2.24, 2.45) is 0 Å². The summed E-state index contributed by atoms with van der Waals surface area (Å²) in [7, 11) is 0. The zero-order valence-electron chi connectivity index (χ0n) is 11.2. The van der Waals surface area contributed by atoms with Gasteiger partial charge in [-0.15, -0.1) is 0 Å². The van der Waals surface area contributed by atoms with E-state index in [0.29, 0.717) is 0 Å². The number of carboxylic acids is 1. The van der Waals surface area contributed by atoms with Crippen LogP contribution in [0.4, 0.5) is 4.79 Å². The van der Waals surface area contributed by atoms with Crippen LogP contribution in [-0.2, 0) is 9.59 Å². The third kappa shape index (κ3) is 6.72. The minimum Gasteiger partial charge on any atom is -0.480 e. The third-order valence-electron chi connectivity index (χ3n) is 2.04. The van der Waals surface area contributed by atoms with Gasteiger partial charge in [0.2, 0.25) is 5.91 Å². The summed E-state index contributed by atoms with van der Waals surface area (Å²) in [4.78, 5) is 34.7. The molecule has 0 atom stereocenters. The normalized spacial score (nSPS) is 10.3. The van der Waals surface area contributed by atoms with Crippen LogP contribution in [0.2, 0.25) is 0 Å². The molecule has 0 bridgehead atoms. The van der Waals surface area contributed by atoms with Crippen LogP contribution in [0.3, 0.4) is 0 Å². The van der Waals surface area contributed by atoms with Crippen molar-refractivity contribution in [2.45, 2.75) is 39.8 Å². The van der Waals surface area contributed by atoms with Crippen LogP contribution in [0, 0.1) is 0 Å². The molecule has 0 aromatic rings. The lowest BCUT2D eigenvalue weighted by Gasteiger charge is -2.25. The Bertz CT molecular complexity index is 315. The summed E-state index contributed by atoms with van der Waals surface area (Å²) in [5.41, 5.74) is 0. The van der Waals surface area contributed by atoms with Gasteiger partial charge in [0.1, 0.15) is 6.54 Å². The molecule has 0 unspecified atom stereocenters. The molecule has 7 nitrogen and oxygen atoms in total. The van der Waals surface area contributed by atoms with E-state index in [4.69, 9.17) is 5.11 Å². The van der Waals surface area contributed by atoms with Crippen molar-refractivity contribution in [3.05, 3.63) is 0 Å². The number of urea groups is 1. The molecule has 0 rings (SSSR count). The van der Waals surface area contributed by atoms with Crippen LogP contribution >= 0.6 is 0 Å². The molecule has 3 amide bonds. The molecule has 104 valence electrons. The molecule has 0 aromatic heterocycles. The smallest absolute Gasteiger partial charge is 0.323 e. The molecular weight excluding hydrogens is 238 g/mol. The monoisotopic (exact) mass is 259 g/mol. The Balaban J connectivity index is 4.27. The van der Waals surface area contributed by atoms with Crippen LogP contribution in [0.5, 0.6) is 0 Å². The average Bonchev–Trinajstić information content (AvgIpc) is 2.21. The Kier molecular flexibility index (Phi) is 6.77. The van der Waals surface area contributed by atoms with Gasteiger partial charge in [-0.25, -0.2) is 4.79 Å². The molecular formula is C11H21N3O4. The molecule has 0 fully saturated rings. The van der Waals surface area contributed by atoms with E-state index in [-0.39, 0.29) is 24.5 Å². The van der Waals surface area contributed by atoms with Crippen molar-refractivity contribution in [1.29, 1.82) is 0 Å². The number of carboxylic acid groups (broad SMARTS) is 1. The van der Waals surface area contributed by atoms with Gasteiger partial charge in [-0.1, -0.05) is 0 Å². The summed E-state index contributed by atoms with van der Waals surface area (Å²) < 4.78 is 0. The van der Waals surface area contributed by atoms with E-state index in [0.717, 1.165) is 4.90 Å². The minimum atomic E-state index is -1.09. The summed E-state index contributed by atoms with van der Waals surface area (Å²) >= 11 is 0. The summed E-state index contributed by atoms with van der Waals surface area (Å²) in [5.74, 6) is -1.40. The highest BCUT2D eigenvalue weighted by atomic mass is 16.4. The zero-order chi connectivity index (χ0) is 14.3. The maximum Gasteiger partial charge on any atom is 0.323 e. The summed E-state index contributed by atoms with van der Waals surface area (Å²) in [6.45, 7) is 6.47. The van der Waals surface area contributed by atoms with E-state index in [1.54, 1.807) is 13.8 Å². The van der Waals surface area contributed by atoms with E-state index < -0.39 is 18.5 Å². The minimum absolute atomic E-state index is 0.00498. The number of carbonyl (C=O) groups is 3. The lowest BCUT2D eigenvalue weighted by molar-refractivity contribution is -0.138. The highest BCUT2D eigenvalue weighted by Gasteiger charge is 2.20. The fourth-order valence-electron chi connectivity index (χ4n) is 1.27. The average molecular weight is 259 g/mol. The molecule has 0 radical (unpaired) electrons. The molecule has 0 aliphatic carbocycles. The number of hydrogen-bond acceptors (Lipinski definition) is 3. The number of nitrogens with one attached hydrogen (secondary N) is 2. The van der Waals surface area contributed by atoms with Crippen molar-refractivity contribution >= 4 is 17.9 Å². The van der Waals surface area contributed by atoms with E-state index in [9.17, 15) is 14.4 Å². The van der Waals surface area contributed by atoms with Gasteiger partial charge in [-0.2, -0.15) is 0 Å². The molecule has 18 heavy (non-hydrogen) atoms. The van der Waals surface area contributed by atoms with Gasteiger partial charge < -0.3 is 20.6 Å². The molecule has 0 heterocycles. The van der Waals surface area contributed by atoms with Crippen LogP contribution in [0.15, 0.2) is 0 Å². The topological polar surface area (TPSA) is 98.7 Å². The number of aliphatic carboxylic acids is 1. The molecule has 0 aliphatic rings. The first-order valence-corrected chi connectivity index (χ1v) is 5.79. The standard InChI is InChI=1S/C11H21N3O4/c1-7(2)13-9(15)5-12-11(18)14(8(3)4)6-10(16)17/h7-8H,5-6H2,1-4H3,(H,12,18)(H,13,15)(H,16,17). The molecule has 0 aliphatic heterocycles. The van der Waals surface area contributed by atoms with E-state index in [1.165, 1.54) is 0 Å². The molecule has 0 saturated carbocycles. The van der Waals surface area contributed by atoms with Gasteiger partial charge in [0.25, 0.3) is 0 Å². The summed E-state index contributed by atoms with van der Waals surface area (Å²) in [5, 5.41) is 13.7. The Hall–Kier alpha value is -1.79. The quantitative estimate of drug-likeness (QED) is 0.626. The Morgan fingerprint density at radius 1 is 1.17 bits per heavy atom. The predicted molar refractivity (Wildman–Crippen MR) is 66.2 cm³/mol. The van der Waals surface area contributed by atoms with Crippen molar-refractivity contribution in [2.75, 3.05) is 13.1 Å². The SMILES string of the molecule is CC(C)NC(=O)CNC(=O)N(CC(=O)O)C(C)C. The van der Waals surface area contributed by atoms with Crippen LogP contribution in [0.25, 0.3) is 0 Å². The van der Waals surface area contributed by atoms with Crippen LogP contribution in [-0.4, -0.2) is 53.1 Å². The second-order valence-corrected chi connectivity index (χ2v) is 4.50. The van der Waals surface area contributed by atoms with Crippen molar-refractivity contribution in [1.82, 2.24) is 15.5 Å². The Labute approximate surface area is 107 Å². The second kappa shape index (κ2) is 7.52. The Morgan fingerprint density at radius 2 is 1.72 bits per heavy atom. The van der Waals surface area contributed by atoms with Gasteiger partial charge in [0.05, 0.1) is 6.54 Å². The van der Waals surface area contributed by atoms with E-state index in [1.807, 2.05) is 13.8 Å². The predicted octanol–water partition coefficient (Wildman–Crippen LogP) is 0.0156. The molecule has 0 spiro atoms. The fraction of sp³-hybridized carbons (Fsp3) is 0.727. The maximum atomic E-state index is 11.7. The van der Waals surface area contributed by atoms with Crippen LogP contribution < -0.4 is 10.6 Å². The van der Waals surface area contributed by atoms with Crippen molar-refractivity contribution in [3.8, 4) is 0 Å². The third-order valence-corrected chi connectivity index (χ3v) is 2.04. The van der Waals surface area contributed by atoms with Crippen LogP contribution in [0.1, 0.15) is 27.7 Å². The maximum absolute atomic E-state index is 11.7. The first kappa shape index (κ1) is 16.2. The lowest BCUT2D eigenvalue weighted by Crippen LogP contribution is -2.49. The first-order chi connectivity index (χ1) is 8.23. The van der Waals surface area contributed by atoms with Gasteiger partial charge in [-0.05, 0) is 27.7 Å². The van der Waals surface area contributed by atoms with Gasteiger partial charge in [0, 0.05) is 12.1 Å². The number of carbonyl (C=O) groups excluding carboxylic acids is 2. The van der Waals surface area contributed by atoms with Crippen molar-refractivity contribution < 1.29 is 19.5 Å². The van der Waals surface area contributed by atoms with E-state index >= 15 is 0 Å². The molecule has 0 aromatic carbocycles. The molecule has 3 N–H and O–H groups in total. The van der Waals surface area contributed by atoms with Gasteiger partial charge in [0.15, 0.2) is 0 Å². The summed E-state index contributed by atoms with van der Waals surface area (Å²) in [6.07, 6.45) is 0. The summed E-state index contributed by atoms with van der Waals surface area (Å²) in [6, 6.07) is -0.824. The largest absolute Gasteiger partial charge is 0.480 e. The number of rotatable bonds is 6. The number of hydrogen-bond donors (Lipinski definition) is 3. The highest BCUT2D eigenvalue weighted by Crippen LogP contribution is 1.98. The van der Waals surface area contributed by atoms with Gasteiger partial charge in [-0.3, -0.25) is 9.59 Å². The van der Waals surface area contributed by atoms with E-state index in [2.05, 4.69) is 10.6 Å². The zero-order valence-corrected chi connectivity index (χ0v) is 11.2. The molecule has 0 saturated heterocycles. The number of nitrogens with zero attached hydrogens (tertiary/aromatic N) is 1. The fourth-order valence-corrected chi connectivity index (χ4v) is 1.27. The van der Waals surface area contributed by atoms with Gasteiger partial charge >= 0.3 is 12.0 Å². The lowest BCUT2D eigenvalue weighted by atomic mass is 10.3. The highest BCUT2D eigenvalue weighted by molar-refractivity contribution is 5.85. The Morgan fingerprint density at radius 3 is 2.11 bits per heavy atom.